The van der Waals surface area contributed by atoms with Crippen LogP contribution in [-0.2, 0) is 6.54 Å². The van der Waals surface area contributed by atoms with Crippen molar-refractivity contribution in [3.8, 4) is 5.75 Å². The van der Waals surface area contributed by atoms with Gasteiger partial charge in [-0.25, -0.2) is 4.39 Å². The molecule has 0 unspecified atom stereocenters. The van der Waals surface area contributed by atoms with Crippen LogP contribution in [0.2, 0.25) is 0 Å². The third-order valence-corrected chi connectivity index (χ3v) is 3.89. The summed E-state index contributed by atoms with van der Waals surface area (Å²) >= 11 is 4.55. The van der Waals surface area contributed by atoms with Gasteiger partial charge in [0.25, 0.3) is 5.91 Å². The number of methoxy groups -OCH3 is 1. The summed E-state index contributed by atoms with van der Waals surface area (Å²) in [4.78, 5) is 12.4. The van der Waals surface area contributed by atoms with Crippen molar-refractivity contribution in [2.24, 2.45) is 0 Å². The molecule has 0 bridgehead atoms. The third-order valence-electron chi connectivity index (χ3n) is 2.50. The summed E-state index contributed by atoms with van der Waals surface area (Å²) < 4.78 is 19.4. The highest BCUT2D eigenvalue weighted by atomic mass is 79.9. The number of benzene rings is 1. The van der Waals surface area contributed by atoms with Gasteiger partial charge >= 0.3 is 0 Å². The van der Waals surface area contributed by atoms with Crippen molar-refractivity contribution in [2.45, 2.75) is 6.54 Å². The molecule has 3 nitrogen and oxygen atoms in total. The molecule has 2 rings (SSSR count). The molecule has 0 atom stereocenters. The second-order valence-electron chi connectivity index (χ2n) is 3.74. The molecule has 0 saturated heterocycles. The van der Waals surface area contributed by atoms with E-state index in [-0.39, 0.29) is 18.3 Å². The lowest BCUT2D eigenvalue weighted by Gasteiger charge is -2.07. The molecule has 19 heavy (non-hydrogen) atoms. The van der Waals surface area contributed by atoms with E-state index in [1.807, 2.05) is 0 Å². The van der Waals surface area contributed by atoms with Gasteiger partial charge in [0.2, 0.25) is 0 Å². The number of carbonyl (C=O) groups excluding carboxylic acids is 1. The topological polar surface area (TPSA) is 38.3 Å². The van der Waals surface area contributed by atoms with Crippen molar-refractivity contribution in [3.05, 3.63) is 50.4 Å². The standard InChI is InChI=1S/C13H11BrFNO2S/c1-18-11-4-5-19-12(11)13(17)16-7-8-6-9(14)2-3-10(8)15/h2-6H,7H2,1H3,(H,16,17). The minimum Gasteiger partial charge on any atom is -0.495 e. The minimum atomic E-state index is -0.346. The average molecular weight is 344 g/mol. The molecular formula is C13H11BrFNO2S. The van der Waals surface area contributed by atoms with Crippen molar-refractivity contribution >= 4 is 33.2 Å². The molecule has 0 aliphatic carbocycles. The molecule has 100 valence electrons. The van der Waals surface area contributed by atoms with E-state index in [4.69, 9.17) is 4.74 Å². The van der Waals surface area contributed by atoms with E-state index < -0.39 is 0 Å². The Hall–Kier alpha value is -1.40. The lowest BCUT2D eigenvalue weighted by Crippen LogP contribution is -2.22. The number of rotatable bonds is 4. The molecule has 0 radical (unpaired) electrons. The molecule has 2 aromatic rings. The summed E-state index contributed by atoms with van der Waals surface area (Å²) in [6.07, 6.45) is 0. The van der Waals surface area contributed by atoms with Crippen LogP contribution in [0.4, 0.5) is 4.39 Å². The Balaban J connectivity index is 2.06. The van der Waals surface area contributed by atoms with Crippen LogP contribution in [0.3, 0.4) is 0 Å². The van der Waals surface area contributed by atoms with E-state index >= 15 is 0 Å². The first-order valence-corrected chi connectivity index (χ1v) is 7.12. The molecule has 1 heterocycles. The number of hydrogen-bond donors (Lipinski definition) is 1. The van der Waals surface area contributed by atoms with Crippen LogP contribution >= 0.6 is 27.3 Å². The number of hydrogen-bond acceptors (Lipinski definition) is 3. The highest BCUT2D eigenvalue weighted by molar-refractivity contribution is 9.10. The second kappa shape index (κ2) is 6.16. The Labute approximate surface area is 122 Å². The number of halogens is 2. The Morgan fingerprint density at radius 3 is 3.00 bits per heavy atom. The van der Waals surface area contributed by atoms with Gasteiger partial charge in [0.15, 0.2) is 0 Å². The Kier molecular flexibility index (Phi) is 4.55. The normalized spacial score (nSPS) is 10.3. The Morgan fingerprint density at radius 2 is 2.26 bits per heavy atom. The van der Waals surface area contributed by atoms with Crippen LogP contribution < -0.4 is 10.1 Å². The van der Waals surface area contributed by atoms with E-state index in [2.05, 4.69) is 21.2 Å². The molecule has 1 N–H and O–H groups in total. The van der Waals surface area contributed by atoms with Gasteiger partial charge < -0.3 is 10.1 Å². The Bertz CT molecular complexity index is 600. The first-order chi connectivity index (χ1) is 9.11. The van der Waals surface area contributed by atoms with Crippen molar-refractivity contribution in [1.29, 1.82) is 0 Å². The van der Waals surface area contributed by atoms with Gasteiger partial charge in [0, 0.05) is 16.6 Å². The molecule has 0 aliphatic heterocycles. The summed E-state index contributed by atoms with van der Waals surface area (Å²) in [5.74, 6) is -0.0925. The average Bonchev–Trinajstić information content (AvgIpc) is 2.88. The number of amides is 1. The molecule has 0 aliphatic rings. The van der Waals surface area contributed by atoms with Gasteiger partial charge in [-0.05, 0) is 29.6 Å². The van der Waals surface area contributed by atoms with Gasteiger partial charge in [0.05, 0.1) is 7.11 Å². The first kappa shape index (κ1) is 14.0. The maximum Gasteiger partial charge on any atom is 0.265 e. The van der Waals surface area contributed by atoms with Gasteiger partial charge in [-0.15, -0.1) is 11.3 Å². The van der Waals surface area contributed by atoms with E-state index in [1.165, 1.54) is 24.5 Å². The molecule has 0 fully saturated rings. The van der Waals surface area contributed by atoms with Gasteiger partial charge in [0.1, 0.15) is 16.4 Å². The summed E-state index contributed by atoms with van der Waals surface area (Å²) in [6, 6.07) is 6.33. The molecule has 1 amide bonds. The van der Waals surface area contributed by atoms with Crippen LogP contribution in [0.15, 0.2) is 34.1 Å². The fourth-order valence-electron chi connectivity index (χ4n) is 1.56. The number of ether oxygens (including phenoxy) is 1. The van der Waals surface area contributed by atoms with Gasteiger partial charge in [-0.3, -0.25) is 4.79 Å². The quantitative estimate of drug-likeness (QED) is 0.921. The maximum absolute atomic E-state index is 13.5. The molecule has 1 aromatic carbocycles. The summed E-state index contributed by atoms with van der Waals surface area (Å²) in [5.41, 5.74) is 0.429. The lowest BCUT2D eigenvalue weighted by molar-refractivity contribution is 0.0952. The van der Waals surface area contributed by atoms with E-state index in [0.717, 1.165) is 4.47 Å². The van der Waals surface area contributed by atoms with E-state index in [1.54, 1.807) is 23.6 Å². The van der Waals surface area contributed by atoms with E-state index in [0.29, 0.717) is 16.2 Å². The fraction of sp³-hybridized carbons (Fsp3) is 0.154. The largest absolute Gasteiger partial charge is 0.495 e. The smallest absolute Gasteiger partial charge is 0.265 e. The Morgan fingerprint density at radius 1 is 1.47 bits per heavy atom. The van der Waals surface area contributed by atoms with Crippen LogP contribution in [0.1, 0.15) is 15.2 Å². The monoisotopic (exact) mass is 343 g/mol. The molecule has 0 saturated carbocycles. The number of nitrogens with one attached hydrogen (secondary N) is 1. The predicted octanol–water partition coefficient (Wildman–Crippen LogP) is 3.59. The van der Waals surface area contributed by atoms with Crippen LogP contribution in [0.25, 0.3) is 0 Å². The lowest BCUT2D eigenvalue weighted by atomic mass is 10.2. The summed E-state index contributed by atoms with van der Waals surface area (Å²) in [7, 11) is 1.51. The van der Waals surface area contributed by atoms with Crippen molar-refractivity contribution in [2.75, 3.05) is 7.11 Å². The van der Waals surface area contributed by atoms with Gasteiger partial charge in [-0.2, -0.15) is 0 Å². The zero-order valence-corrected chi connectivity index (χ0v) is 12.5. The maximum atomic E-state index is 13.5. The van der Waals surface area contributed by atoms with Crippen LogP contribution in [-0.4, -0.2) is 13.0 Å². The predicted molar refractivity (Wildman–Crippen MR) is 76.1 cm³/mol. The van der Waals surface area contributed by atoms with E-state index in [9.17, 15) is 9.18 Å². The number of thiophene rings is 1. The minimum absolute atomic E-state index is 0.130. The van der Waals surface area contributed by atoms with Crippen LogP contribution in [0, 0.1) is 5.82 Å². The summed E-state index contributed by atoms with van der Waals surface area (Å²) in [5, 5.41) is 4.45. The highest BCUT2D eigenvalue weighted by Crippen LogP contribution is 2.24. The molecular weight excluding hydrogens is 333 g/mol. The highest BCUT2D eigenvalue weighted by Gasteiger charge is 2.14. The first-order valence-electron chi connectivity index (χ1n) is 5.45. The zero-order chi connectivity index (χ0) is 13.8. The molecule has 6 heteroatoms. The van der Waals surface area contributed by atoms with Crippen molar-refractivity contribution in [3.63, 3.8) is 0 Å². The zero-order valence-electron chi connectivity index (χ0n) is 10.1. The summed E-state index contributed by atoms with van der Waals surface area (Å²) in [6.45, 7) is 0.130. The SMILES string of the molecule is COc1ccsc1C(=O)NCc1cc(Br)ccc1F. The van der Waals surface area contributed by atoms with Gasteiger partial charge in [-0.1, -0.05) is 15.9 Å². The fourth-order valence-corrected chi connectivity index (χ4v) is 2.74. The number of carbonyl (C=O) groups is 1. The van der Waals surface area contributed by atoms with Crippen molar-refractivity contribution in [1.82, 2.24) is 5.32 Å². The van der Waals surface area contributed by atoms with Crippen molar-refractivity contribution < 1.29 is 13.9 Å². The molecule has 0 spiro atoms. The second-order valence-corrected chi connectivity index (χ2v) is 5.57. The van der Waals surface area contributed by atoms with Crippen LogP contribution in [0.5, 0.6) is 5.75 Å². The molecule has 1 aromatic heterocycles. The third kappa shape index (κ3) is 3.33.